The zero-order valence-electron chi connectivity index (χ0n) is 19.1. The van der Waals surface area contributed by atoms with Crippen LogP contribution in [0, 0.1) is 11.3 Å². The summed E-state index contributed by atoms with van der Waals surface area (Å²) in [6.45, 7) is 2.65. The number of anilines is 1. The van der Waals surface area contributed by atoms with Crippen molar-refractivity contribution in [1.82, 2.24) is 19.7 Å². The molecule has 13 nitrogen and oxygen atoms in total. The molecule has 3 heterocycles. The Balaban J connectivity index is 1.81. The maximum absolute atomic E-state index is 13.2. The second-order valence-corrected chi connectivity index (χ2v) is 9.47. The van der Waals surface area contributed by atoms with Crippen LogP contribution >= 0.6 is 7.75 Å². The number of ether oxygens (including phenoxy) is 1. The predicted molar refractivity (Wildman–Crippen MR) is 124 cm³/mol. The fraction of sp³-hybridized carbons (Fsp3) is 0.429. The van der Waals surface area contributed by atoms with Crippen molar-refractivity contribution >= 4 is 25.4 Å². The molecule has 188 valence electrons. The lowest BCUT2D eigenvalue weighted by molar-refractivity contribution is -0.109. The van der Waals surface area contributed by atoms with Gasteiger partial charge in [-0.25, -0.2) is 19.2 Å². The summed E-state index contributed by atoms with van der Waals surface area (Å²) in [6.07, 6.45) is 3.91. The van der Waals surface area contributed by atoms with Crippen LogP contribution in [-0.4, -0.2) is 68.7 Å². The first kappa shape index (κ1) is 26.7. The second kappa shape index (κ2) is 11.2. The molecule has 0 aliphatic carbocycles. The summed E-state index contributed by atoms with van der Waals surface area (Å²) in [7, 11) is -4.05. The average molecular weight is 506 g/mol. The van der Waals surface area contributed by atoms with E-state index in [9.17, 15) is 24.8 Å². The monoisotopic (exact) mass is 506 g/mol. The van der Waals surface area contributed by atoms with Crippen LogP contribution in [0.2, 0.25) is 0 Å². The molecule has 1 fully saturated rings. The molecule has 0 bridgehead atoms. The Morgan fingerprint density at radius 2 is 2.20 bits per heavy atom. The highest BCUT2D eigenvalue weighted by molar-refractivity contribution is 7.51. The smallest absolute Gasteiger partial charge is 0.387 e. The molecule has 1 aliphatic rings. The van der Waals surface area contributed by atoms with Gasteiger partial charge in [0.15, 0.2) is 5.82 Å². The van der Waals surface area contributed by atoms with Crippen molar-refractivity contribution in [2.75, 3.05) is 18.9 Å². The third-order valence-electron chi connectivity index (χ3n) is 5.24. The van der Waals surface area contributed by atoms with Crippen molar-refractivity contribution in [2.24, 2.45) is 0 Å². The number of aliphatic hydroxyl groups excluding tert-OH is 2. The molecule has 0 aromatic carbocycles. The van der Waals surface area contributed by atoms with Gasteiger partial charge in [0.25, 0.3) is 0 Å². The zero-order valence-corrected chi connectivity index (χ0v) is 20.0. The van der Waals surface area contributed by atoms with Crippen molar-refractivity contribution in [3.63, 3.8) is 0 Å². The van der Waals surface area contributed by atoms with Gasteiger partial charge in [-0.2, -0.15) is 10.4 Å². The second-order valence-electron chi connectivity index (χ2n) is 7.70. The van der Waals surface area contributed by atoms with Gasteiger partial charge in [-0.05, 0) is 26.0 Å². The number of carbonyl (C=O) groups excluding carboxylic acids is 1. The number of hydrogen-bond donors (Lipinski definition) is 4. The first-order valence-electron chi connectivity index (χ1n) is 10.6. The Kier molecular flexibility index (Phi) is 8.52. The molecule has 2 aromatic heterocycles. The summed E-state index contributed by atoms with van der Waals surface area (Å²) in [5, 5.41) is 37.9. The summed E-state index contributed by atoms with van der Waals surface area (Å²) in [5.41, 5.74) is 4.29. The lowest BCUT2D eigenvalue weighted by Crippen LogP contribution is -2.41. The molecule has 1 saturated heterocycles. The highest BCUT2D eigenvalue weighted by Gasteiger charge is 2.58. The minimum Gasteiger partial charge on any atom is -0.387 e. The third-order valence-corrected chi connectivity index (χ3v) is 6.94. The molecule has 6 atom stereocenters. The Hall–Kier alpha value is -2.95. The topological polar surface area (TPSA) is 194 Å². The van der Waals surface area contributed by atoms with Crippen LogP contribution in [0.15, 0.2) is 42.8 Å². The molecule has 2 aromatic rings. The van der Waals surface area contributed by atoms with Gasteiger partial charge in [0.2, 0.25) is 5.60 Å². The van der Waals surface area contributed by atoms with Gasteiger partial charge in [-0.3, -0.25) is 9.05 Å². The molecule has 35 heavy (non-hydrogen) atoms. The minimum atomic E-state index is -4.05. The third kappa shape index (κ3) is 5.50. The van der Waals surface area contributed by atoms with Gasteiger partial charge in [0, 0.05) is 0 Å². The molecule has 5 N–H and O–H groups in total. The van der Waals surface area contributed by atoms with Crippen molar-refractivity contribution < 1.29 is 33.4 Å². The van der Waals surface area contributed by atoms with Crippen LogP contribution in [0.3, 0.4) is 0 Å². The standard InChI is InChI=1S/C21H27N6O7P/c1-3-4-5-6-9-32-35(31,26-14(2)10-28)33-11-16-18(29)19(30)21(12-22,34-16)17-8-7-15-20(23)24-13-25-27(15)17/h3-8,10,13-14,16,18-19,29-30H,9,11H2,1-2H3,(H,26,31)(H2,23,24,25)/b4-3-,6-5-/t14-,16+,18?,19?,21-,35+/m0/s1. The number of fused-ring (bicyclic) bond motifs is 1. The van der Waals surface area contributed by atoms with E-state index in [0.29, 0.717) is 11.8 Å². The highest BCUT2D eigenvalue weighted by Crippen LogP contribution is 2.46. The number of nitrogens with zero attached hydrogens (tertiary/aromatic N) is 4. The number of rotatable bonds is 11. The first-order chi connectivity index (χ1) is 16.7. The molecule has 0 radical (unpaired) electrons. The zero-order chi connectivity index (χ0) is 25.6. The summed E-state index contributed by atoms with van der Waals surface area (Å²) < 4.78 is 31.0. The van der Waals surface area contributed by atoms with Crippen LogP contribution in [0.1, 0.15) is 19.5 Å². The van der Waals surface area contributed by atoms with Gasteiger partial charge >= 0.3 is 7.75 Å². The van der Waals surface area contributed by atoms with E-state index in [-0.39, 0.29) is 18.1 Å². The molecule has 0 saturated carbocycles. The quantitative estimate of drug-likeness (QED) is 0.189. The maximum atomic E-state index is 13.2. The first-order valence-corrected chi connectivity index (χ1v) is 12.2. The van der Waals surface area contributed by atoms with Crippen molar-refractivity contribution in [3.05, 3.63) is 48.5 Å². The van der Waals surface area contributed by atoms with E-state index >= 15 is 0 Å². The number of carbonyl (C=O) groups is 1. The molecule has 2 unspecified atom stereocenters. The lowest BCUT2D eigenvalue weighted by atomic mass is 9.92. The Morgan fingerprint density at radius 1 is 1.43 bits per heavy atom. The fourth-order valence-electron chi connectivity index (χ4n) is 3.50. The molecule has 14 heteroatoms. The van der Waals surface area contributed by atoms with E-state index in [4.69, 9.17) is 19.5 Å². The Morgan fingerprint density at radius 3 is 2.89 bits per heavy atom. The maximum Gasteiger partial charge on any atom is 0.406 e. The Labute approximate surface area is 201 Å². The Bertz CT molecular complexity index is 1190. The van der Waals surface area contributed by atoms with E-state index in [1.807, 2.05) is 13.0 Å². The molecule has 0 amide bonds. The molecule has 0 spiro atoms. The highest BCUT2D eigenvalue weighted by atomic mass is 31.2. The number of hydrogen-bond acceptors (Lipinski definition) is 11. The average Bonchev–Trinajstić information content (AvgIpc) is 3.39. The number of nitrogens with one attached hydrogen (secondary N) is 1. The summed E-state index contributed by atoms with van der Waals surface area (Å²) in [5.74, 6) is 0.143. The van der Waals surface area contributed by atoms with Gasteiger partial charge in [-0.15, -0.1) is 0 Å². The number of nitrogen functional groups attached to an aromatic ring is 1. The predicted octanol–water partition coefficient (Wildman–Crippen LogP) is 0.602. The van der Waals surface area contributed by atoms with Crippen LogP contribution in [0.5, 0.6) is 0 Å². The lowest BCUT2D eigenvalue weighted by Gasteiger charge is -2.24. The van der Waals surface area contributed by atoms with Gasteiger partial charge in [0.05, 0.1) is 24.9 Å². The van der Waals surface area contributed by atoms with Crippen molar-refractivity contribution in [2.45, 2.75) is 43.8 Å². The van der Waals surface area contributed by atoms with Gasteiger partial charge in [0.1, 0.15) is 42.5 Å². The number of nitrogens with two attached hydrogens (primary N) is 1. The van der Waals surface area contributed by atoms with E-state index in [0.717, 1.165) is 0 Å². The molecule has 3 rings (SSSR count). The van der Waals surface area contributed by atoms with Gasteiger partial charge < -0.3 is 25.5 Å². The number of allylic oxidation sites excluding steroid dienone is 3. The van der Waals surface area contributed by atoms with Crippen LogP contribution in [0.25, 0.3) is 5.52 Å². The fourth-order valence-corrected chi connectivity index (χ4v) is 4.91. The van der Waals surface area contributed by atoms with E-state index in [1.165, 1.54) is 23.8 Å². The van der Waals surface area contributed by atoms with Crippen LogP contribution in [-0.2, 0) is 28.7 Å². The number of aromatic nitrogens is 3. The van der Waals surface area contributed by atoms with Crippen LogP contribution < -0.4 is 10.8 Å². The summed E-state index contributed by atoms with van der Waals surface area (Å²) >= 11 is 0. The number of aldehydes is 1. The molecule has 1 aliphatic heterocycles. The van der Waals surface area contributed by atoms with Crippen molar-refractivity contribution in [3.8, 4) is 6.07 Å². The van der Waals surface area contributed by atoms with E-state index in [1.54, 1.807) is 30.4 Å². The largest absolute Gasteiger partial charge is 0.406 e. The molecular formula is C21H27N6O7P. The minimum absolute atomic E-state index is 0.101. The number of aliphatic hydroxyl groups is 2. The van der Waals surface area contributed by atoms with E-state index < -0.39 is 44.3 Å². The number of nitriles is 1. The summed E-state index contributed by atoms with van der Waals surface area (Å²) in [4.78, 5) is 14.9. The van der Waals surface area contributed by atoms with Crippen molar-refractivity contribution in [1.29, 1.82) is 5.26 Å². The van der Waals surface area contributed by atoms with Gasteiger partial charge in [-0.1, -0.05) is 24.3 Å². The SMILES string of the molecule is C/C=C\C=C/CO[P@](=O)(N[C@@H](C)C=O)OC[C@H]1O[C@@](C#N)(c2ccc3c(N)ncnn23)C(O)C1O. The summed E-state index contributed by atoms with van der Waals surface area (Å²) in [6, 6.07) is 4.06. The normalized spacial score (nSPS) is 27.3. The van der Waals surface area contributed by atoms with E-state index in [2.05, 4.69) is 15.2 Å². The molecular weight excluding hydrogens is 479 g/mol. The van der Waals surface area contributed by atoms with Crippen LogP contribution in [0.4, 0.5) is 5.82 Å².